The van der Waals surface area contributed by atoms with Gasteiger partial charge in [-0.1, -0.05) is 6.42 Å². The van der Waals surface area contributed by atoms with E-state index in [0.717, 1.165) is 38.6 Å². The number of carbonyl (C=O) groups excluding carboxylic acids is 1. The van der Waals surface area contributed by atoms with E-state index in [1.807, 2.05) is 18.7 Å². The maximum Gasteiger partial charge on any atom is 0.253 e. The third-order valence-corrected chi connectivity index (χ3v) is 7.97. The number of hydrogen-bond donors (Lipinski definition) is 1. The molecule has 1 aromatic carbocycles. The summed E-state index contributed by atoms with van der Waals surface area (Å²) < 4.78 is 27.4. The first-order chi connectivity index (χ1) is 12.8. The van der Waals surface area contributed by atoms with Crippen LogP contribution in [0.1, 0.15) is 56.3 Å². The first kappa shape index (κ1) is 20.3. The van der Waals surface area contributed by atoms with Crippen LogP contribution < -0.4 is 5.73 Å². The fourth-order valence-corrected chi connectivity index (χ4v) is 5.84. The molecule has 1 aromatic rings. The standard InChI is InChI=1S/C20H31N3O3S/c1-15-6-3-4-13-23(15)27(25,26)19-10-8-17(9-11-19)20(24)22-12-5-7-18(14-22)16(2)21/h8-11,15-16,18H,3-7,12-14,21H2,1-2H3. The monoisotopic (exact) mass is 393 g/mol. The number of sulfonamides is 1. The summed E-state index contributed by atoms with van der Waals surface area (Å²) in [6, 6.07) is 6.50. The van der Waals surface area contributed by atoms with Gasteiger partial charge in [-0.15, -0.1) is 0 Å². The average Bonchev–Trinajstić information content (AvgIpc) is 2.68. The highest BCUT2D eigenvalue weighted by Gasteiger charge is 2.31. The van der Waals surface area contributed by atoms with Gasteiger partial charge in [0.2, 0.25) is 10.0 Å². The van der Waals surface area contributed by atoms with Crippen LogP contribution in [0, 0.1) is 5.92 Å². The zero-order chi connectivity index (χ0) is 19.6. The van der Waals surface area contributed by atoms with E-state index >= 15 is 0 Å². The van der Waals surface area contributed by atoms with Gasteiger partial charge in [-0.2, -0.15) is 4.31 Å². The van der Waals surface area contributed by atoms with Gasteiger partial charge in [0.05, 0.1) is 4.90 Å². The third-order valence-electron chi connectivity index (χ3n) is 5.94. The van der Waals surface area contributed by atoms with Gasteiger partial charge in [0.1, 0.15) is 0 Å². The molecule has 2 aliphatic heterocycles. The Morgan fingerprint density at radius 3 is 2.44 bits per heavy atom. The Bertz CT molecular complexity index is 761. The van der Waals surface area contributed by atoms with E-state index in [1.165, 1.54) is 0 Å². The maximum absolute atomic E-state index is 12.9. The summed E-state index contributed by atoms with van der Waals surface area (Å²) in [6.45, 7) is 5.91. The van der Waals surface area contributed by atoms with Crippen LogP contribution in [-0.4, -0.2) is 55.2 Å². The summed E-state index contributed by atoms with van der Waals surface area (Å²) in [6.07, 6.45) is 4.87. The highest BCUT2D eigenvalue weighted by Crippen LogP contribution is 2.26. The van der Waals surface area contributed by atoms with Crippen molar-refractivity contribution < 1.29 is 13.2 Å². The largest absolute Gasteiger partial charge is 0.338 e. The quantitative estimate of drug-likeness (QED) is 0.852. The SMILES string of the molecule is CC(N)C1CCCN(C(=O)c2ccc(S(=O)(=O)N3CCCCC3C)cc2)C1. The van der Waals surface area contributed by atoms with Gasteiger partial charge in [0, 0.05) is 37.3 Å². The Labute approximate surface area is 162 Å². The normalized spacial score (nSPS) is 26.0. The molecule has 1 amide bonds. The van der Waals surface area contributed by atoms with E-state index in [0.29, 0.717) is 24.6 Å². The van der Waals surface area contributed by atoms with E-state index < -0.39 is 10.0 Å². The van der Waals surface area contributed by atoms with E-state index in [-0.39, 0.29) is 22.9 Å². The second-order valence-electron chi connectivity index (χ2n) is 8.00. The van der Waals surface area contributed by atoms with Gasteiger partial charge in [0.15, 0.2) is 0 Å². The van der Waals surface area contributed by atoms with Crippen LogP contribution in [0.25, 0.3) is 0 Å². The van der Waals surface area contributed by atoms with Crippen molar-refractivity contribution in [1.82, 2.24) is 9.21 Å². The van der Waals surface area contributed by atoms with Crippen molar-refractivity contribution in [3.8, 4) is 0 Å². The number of nitrogens with two attached hydrogens (primary N) is 1. The summed E-state index contributed by atoms with van der Waals surface area (Å²) in [5.74, 6) is 0.276. The van der Waals surface area contributed by atoms with Crippen molar-refractivity contribution in [3.63, 3.8) is 0 Å². The number of hydrogen-bond acceptors (Lipinski definition) is 4. The fraction of sp³-hybridized carbons (Fsp3) is 0.650. The summed E-state index contributed by atoms with van der Waals surface area (Å²) in [4.78, 5) is 14.9. The van der Waals surface area contributed by atoms with E-state index in [1.54, 1.807) is 28.6 Å². The molecule has 2 aliphatic rings. The van der Waals surface area contributed by atoms with E-state index in [9.17, 15) is 13.2 Å². The van der Waals surface area contributed by atoms with Crippen molar-refractivity contribution in [2.75, 3.05) is 19.6 Å². The van der Waals surface area contributed by atoms with Crippen LogP contribution in [0.5, 0.6) is 0 Å². The molecule has 0 saturated carbocycles. The lowest BCUT2D eigenvalue weighted by atomic mass is 9.92. The third kappa shape index (κ3) is 4.36. The molecule has 0 aromatic heterocycles. The molecule has 0 aliphatic carbocycles. The number of likely N-dealkylation sites (tertiary alicyclic amines) is 1. The number of benzene rings is 1. The van der Waals surface area contributed by atoms with Crippen LogP contribution in [0.3, 0.4) is 0 Å². The molecule has 2 saturated heterocycles. The van der Waals surface area contributed by atoms with Crippen LogP contribution in [0.15, 0.2) is 29.2 Å². The molecule has 3 rings (SSSR count). The minimum atomic E-state index is -3.51. The highest BCUT2D eigenvalue weighted by atomic mass is 32.2. The molecular weight excluding hydrogens is 362 g/mol. The summed E-state index contributed by atoms with van der Waals surface area (Å²) in [5.41, 5.74) is 6.54. The van der Waals surface area contributed by atoms with Crippen LogP contribution in [0.4, 0.5) is 0 Å². The smallest absolute Gasteiger partial charge is 0.253 e. The number of amides is 1. The van der Waals surface area contributed by atoms with Crippen molar-refractivity contribution in [2.45, 2.75) is 62.9 Å². The molecular formula is C20H31N3O3S. The molecule has 0 spiro atoms. The first-order valence-corrected chi connectivity index (χ1v) is 11.4. The molecule has 7 heteroatoms. The van der Waals surface area contributed by atoms with Crippen molar-refractivity contribution in [3.05, 3.63) is 29.8 Å². The lowest BCUT2D eigenvalue weighted by molar-refractivity contribution is 0.0661. The number of rotatable bonds is 4. The Balaban J connectivity index is 1.74. The minimum Gasteiger partial charge on any atom is -0.338 e. The van der Waals surface area contributed by atoms with Crippen molar-refractivity contribution >= 4 is 15.9 Å². The van der Waals surface area contributed by atoms with Gasteiger partial charge in [0.25, 0.3) is 5.91 Å². The predicted octanol–water partition coefficient (Wildman–Crippen LogP) is 2.45. The topological polar surface area (TPSA) is 83.7 Å². The van der Waals surface area contributed by atoms with Crippen LogP contribution >= 0.6 is 0 Å². The number of piperidine rings is 2. The molecule has 0 radical (unpaired) electrons. The average molecular weight is 394 g/mol. The van der Waals surface area contributed by atoms with E-state index in [2.05, 4.69) is 0 Å². The molecule has 150 valence electrons. The fourth-order valence-electron chi connectivity index (χ4n) is 4.14. The molecule has 6 nitrogen and oxygen atoms in total. The second-order valence-corrected chi connectivity index (χ2v) is 9.89. The van der Waals surface area contributed by atoms with Crippen molar-refractivity contribution in [1.29, 1.82) is 0 Å². The summed E-state index contributed by atoms with van der Waals surface area (Å²) in [7, 11) is -3.51. The van der Waals surface area contributed by atoms with Crippen LogP contribution in [0.2, 0.25) is 0 Å². The van der Waals surface area contributed by atoms with Gasteiger partial charge in [-0.3, -0.25) is 4.79 Å². The highest BCUT2D eigenvalue weighted by molar-refractivity contribution is 7.89. The molecule has 3 atom stereocenters. The summed E-state index contributed by atoms with van der Waals surface area (Å²) >= 11 is 0. The molecule has 0 bridgehead atoms. The first-order valence-electron chi connectivity index (χ1n) is 9.97. The van der Waals surface area contributed by atoms with Crippen LogP contribution in [-0.2, 0) is 10.0 Å². The Kier molecular flexibility index (Phi) is 6.23. The van der Waals surface area contributed by atoms with E-state index in [4.69, 9.17) is 5.73 Å². The van der Waals surface area contributed by atoms with Gasteiger partial charge in [-0.25, -0.2) is 8.42 Å². The molecule has 27 heavy (non-hydrogen) atoms. The lowest BCUT2D eigenvalue weighted by Crippen LogP contribution is -2.45. The van der Waals surface area contributed by atoms with Gasteiger partial charge < -0.3 is 10.6 Å². The Hall–Kier alpha value is -1.44. The molecule has 2 N–H and O–H groups in total. The number of nitrogens with zero attached hydrogens (tertiary/aromatic N) is 2. The van der Waals surface area contributed by atoms with Gasteiger partial charge in [-0.05, 0) is 69.7 Å². The molecule has 3 unspecified atom stereocenters. The number of carbonyl (C=O) groups is 1. The molecule has 2 fully saturated rings. The lowest BCUT2D eigenvalue weighted by Gasteiger charge is -2.34. The zero-order valence-corrected chi connectivity index (χ0v) is 17.1. The zero-order valence-electron chi connectivity index (χ0n) is 16.3. The maximum atomic E-state index is 12.9. The second kappa shape index (κ2) is 8.29. The predicted molar refractivity (Wildman–Crippen MR) is 106 cm³/mol. The van der Waals surface area contributed by atoms with Gasteiger partial charge >= 0.3 is 0 Å². The minimum absolute atomic E-state index is 0.0218. The molecule has 2 heterocycles. The Morgan fingerprint density at radius 1 is 1.11 bits per heavy atom. The van der Waals surface area contributed by atoms with Crippen molar-refractivity contribution in [2.24, 2.45) is 11.7 Å². The Morgan fingerprint density at radius 2 is 1.81 bits per heavy atom. The summed E-state index contributed by atoms with van der Waals surface area (Å²) in [5, 5.41) is 0.